The lowest BCUT2D eigenvalue weighted by Crippen LogP contribution is -2.12. The Labute approximate surface area is 127 Å². The van der Waals surface area contributed by atoms with Crippen molar-refractivity contribution in [1.29, 1.82) is 0 Å². The molecule has 1 heterocycles. The molecule has 1 aromatic heterocycles. The second-order valence-electron chi connectivity index (χ2n) is 5.46. The van der Waals surface area contributed by atoms with Gasteiger partial charge in [-0.2, -0.15) is 18.6 Å². The number of hydrogen-bond donors (Lipinski definition) is 1. The molecule has 0 unspecified atom stereocenters. The molecule has 1 N–H and O–H groups in total. The van der Waals surface area contributed by atoms with Gasteiger partial charge in [0.1, 0.15) is 0 Å². The van der Waals surface area contributed by atoms with Crippen LogP contribution in [0.3, 0.4) is 0 Å². The minimum absolute atomic E-state index is 0. The molecule has 0 radical (unpaired) electrons. The molecule has 0 saturated heterocycles. The molecule has 0 aliphatic heterocycles. The van der Waals surface area contributed by atoms with E-state index in [4.69, 9.17) is 0 Å². The van der Waals surface area contributed by atoms with E-state index < -0.39 is 0 Å². The van der Waals surface area contributed by atoms with Gasteiger partial charge in [-0.15, -0.1) is 0 Å². The molecule has 108 valence electrons. The highest BCUT2D eigenvalue weighted by Gasteiger charge is 2.22. The molecular weight excluding hydrogens is 266 g/mol. The van der Waals surface area contributed by atoms with Crippen LogP contribution in [0.15, 0.2) is 18.2 Å². The van der Waals surface area contributed by atoms with Crippen LogP contribution in [0.1, 0.15) is 35.0 Å². The summed E-state index contributed by atoms with van der Waals surface area (Å²) in [6.45, 7) is 4.23. The van der Waals surface area contributed by atoms with Crippen LogP contribution in [-0.2, 0) is 13.5 Å². The molecule has 0 bridgehead atoms. The van der Waals surface area contributed by atoms with Crippen LogP contribution in [0, 0.1) is 13.8 Å². The molecule has 1 atom stereocenters. The zero-order valence-electron chi connectivity index (χ0n) is 12.6. The van der Waals surface area contributed by atoms with Gasteiger partial charge in [0.25, 0.3) is 0 Å². The predicted octanol–water partition coefficient (Wildman–Crippen LogP) is 3.02. The van der Waals surface area contributed by atoms with Gasteiger partial charge < -0.3 is 5.32 Å². The van der Waals surface area contributed by atoms with Crippen molar-refractivity contribution in [3.8, 4) is 11.1 Å². The normalized spacial score (nSPS) is 16.9. The van der Waals surface area contributed by atoms with Crippen LogP contribution in [0.25, 0.3) is 11.1 Å². The van der Waals surface area contributed by atoms with Crippen molar-refractivity contribution in [2.24, 2.45) is 7.05 Å². The zero-order chi connectivity index (χ0) is 13.6. The molecule has 1 aromatic carbocycles. The molecule has 1 aliphatic carbocycles. The number of aryl methyl sites for hydroxylation is 3. The molecule has 3 rings (SSSR count). The third-order valence-electron chi connectivity index (χ3n) is 4.37. The van der Waals surface area contributed by atoms with Crippen LogP contribution < -0.4 is 5.32 Å². The lowest BCUT2D eigenvalue weighted by molar-refractivity contribution is 0.590. The van der Waals surface area contributed by atoms with Gasteiger partial charge in [0.05, 0.1) is 5.69 Å². The second kappa shape index (κ2) is 5.62. The van der Waals surface area contributed by atoms with Gasteiger partial charge in [-0.3, -0.25) is 4.68 Å². The summed E-state index contributed by atoms with van der Waals surface area (Å²) >= 11 is 0. The van der Waals surface area contributed by atoms with E-state index in [1.165, 1.54) is 40.8 Å². The van der Waals surface area contributed by atoms with Gasteiger partial charge in [0.15, 0.2) is 0 Å². The largest absolute Gasteiger partial charge is 0.313 e. The van der Waals surface area contributed by atoms with Crippen molar-refractivity contribution in [1.82, 2.24) is 15.1 Å². The molecule has 0 amide bonds. The topological polar surface area (TPSA) is 29.9 Å². The molecule has 2 aromatic rings. The molecule has 0 saturated carbocycles. The van der Waals surface area contributed by atoms with E-state index in [1.807, 2.05) is 18.8 Å². The summed E-state index contributed by atoms with van der Waals surface area (Å²) in [5.41, 5.74) is 7.87. The van der Waals surface area contributed by atoms with Crippen molar-refractivity contribution >= 4 is 13.5 Å². The third kappa shape index (κ3) is 2.27. The first-order chi connectivity index (χ1) is 9.11. The highest BCUT2D eigenvalue weighted by atomic mass is 32.1. The Morgan fingerprint density at radius 2 is 2.05 bits per heavy atom. The number of rotatable bonds is 2. The molecule has 0 spiro atoms. The summed E-state index contributed by atoms with van der Waals surface area (Å²) < 4.78 is 1.97. The van der Waals surface area contributed by atoms with Crippen molar-refractivity contribution in [3.05, 3.63) is 40.7 Å². The predicted molar refractivity (Wildman–Crippen MR) is 88.6 cm³/mol. The summed E-state index contributed by atoms with van der Waals surface area (Å²) in [5, 5.41) is 7.93. The Kier molecular flexibility index (Phi) is 4.25. The van der Waals surface area contributed by atoms with Crippen molar-refractivity contribution < 1.29 is 0 Å². The minimum atomic E-state index is 0. The maximum atomic E-state index is 4.52. The highest BCUT2D eigenvalue weighted by Crippen LogP contribution is 2.35. The third-order valence-corrected chi connectivity index (χ3v) is 4.37. The highest BCUT2D eigenvalue weighted by molar-refractivity contribution is 7.59. The van der Waals surface area contributed by atoms with Gasteiger partial charge >= 0.3 is 0 Å². The molecular formula is C16H23N3S. The smallest absolute Gasteiger partial charge is 0.0674 e. The quantitative estimate of drug-likeness (QED) is 0.921. The Morgan fingerprint density at radius 1 is 1.30 bits per heavy atom. The van der Waals surface area contributed by atoms with Gasteiger partial charge in [0.2, 0.25) is 0 Å². The number of nitrogens with one attached hydrogen (secondary N) is 1. The summed E-state index contributed by atoms with van der Waals surface area (Å²) in [6.07, 6.45) is 2.40. The average molecular weight is 289 g/mol. The van der Waals surface area contributed by atoms with E-state index in [2.05, 4.69) is 42.5 Å². The molecule has 1 aliphatic rings. The van der Waals surface area contributed by atoms with Crippen LogP contribution >= 0.6 is 13.5 Å². The standard InChI is InChI=1S/C16H21N3.H2S/c1-10-16(11(2)19(4)18-10)13-6-5-12-7-8-15(17-3)14(12)9-13;/h5-6,9,15,17H,7-8H2,1-4H3;1H2/t15-;/m0./s1. The second-order valence-corrected chi connectivity index (χ2v) is 5.46. The van der Waals surface area contributed by atoms with Gasteiger partial charge in [-0.05, 0) is 56.5 Å². The molecule has 20 heavy (non-hydrogen) atoms. The first-order valence-electron chi connectivity index (χ1n) is 6.92. The van der Waals surface area contributed by atoms with Crippen molar-refractivity contribution in [3.63, 3.8) is 0 Å². The van der Waals surface area contributed by atoms with E-state index in [-0.39, 0.29) is 13.5 Å². The van der Waals surface area contributed by atoms with Crippen LogP contribution in [-0.4, -0.2) is 16.8 Å². The number of benzene rings is 1. The summed E-state index contributed by atoms with van der Waals surface area (Å²) in [7, 11) is 4.06. The Balaban J connectivity index is 0.00000147. The zero-order valence-corrected chi connectivity index (χ0v) is 13.6. The fourth-order valence-electron chi connectivity index (χ4n) is 3.25. The minimum Gasteiger partial charge on any atom is -0.313 e. The van der Waals surface area contributed by atoms with Crippen LogP contribution in [0.2, 0.25) is 0 Å². The molecule has 3 nitrogen and oxygen atoms in total. The van der Waals surface area contributed by atoms with E-state index in [9.17, 15) is 0 Å². The maximum absolute atomic E-state index is 4.52. The van der Waals surface area contributed by atoms with E-state index >= 15 is 0 Å². The Morgan fingerprint density at radius 3 is 2.65 bits per heavy atom. The fraction of sp³-hybridized carbons (Fsp3) is 0.438. The average Bonchev–Trinajstić information content (AvgIpc) is 2.91. The van der Waals surface area contributed by atoms with Crippen LogP contribution in [0.5, 0.6) is 0 Å². The van der Waals surface area contributed by atoms with Gasteiger partial charge in [-0.1, -0.05) is 12.1 Å². The van der Waals surface area contributed by atoms with Crippen molar-refractivity contribution in [2.75, 3.05) is 7.05 Å². The van der Waals surface area contributed by atoms with E-state index in [0.717, 1.165) is 5.69 Å². The van der Waals surface area contributed by atoms with Gasteiger partial charge in [0, 0.05) is 24.3 Å². The summed E-state index contributed by atoms with van der Waals surface area (Å²) in [4.78, 5) is 0. The number of aromatic nitrogens is 2. The summed E-state index contributed by atoms with van der Waals surface area (Å²) in [6, 6.07) is 7.38. The van der Waals surface area contributed by atoms with E-state index in [0.29, 0.717) is 6.04 Å². The number of nitrogens with zero attached hydrogens (tertiary/aromatic N) is 2. The lowest BCUT2D eigenvalue weighted by Gasteiger charge is -2.12. The number of hydrogen-bond acceptors (Lipinski definition) is 2. The Bertz CT molecular complexity index is 631. The molecule has 4 heteroatoms. The number of fused-ring (bicyclic) bond motifs is 1. The van der Waals surface area contributed by atoms with Gasteiger partial charge in [-0.25, -0.2) is 0 Å². The van der Waals surface area contributed by atoms with E-state index in [1.54, 1.807) is 0 Å². The van der Waals surface area contributed by atoms with Crippen molar-refractivity contribution in [2.45, 2.75) is 32.7 Å². The SMILES string of the molecule is CN[C@H]1CCc2ccc(-c3c(C)nn(C)c3C)cc21.S. The fourth-order valence-corrected chi connectivity index (χ4v) is 3.25. The first-order valence-corrected chi connectivity index (χ1v) is 6.92. The summed E-state index contributed by atoms with van der Waals surface area (Å²) in [5.74, 6) is 0. The maximum Gasteiger partial charge on any atom is 0.0674 e. The molecule has 0 fully saturated rings. The monoisotopic (exact) mass is 289 g/mol. The lowest BCUT2D eigenvalue weighted by atomic mass is 9.98. The van der Waals surface area contributed by atoms with Crippen LogP contribution in [0.4, 0.5) is 0 Å². The first kappa shape index (κ1) is 15.1. The Hall–Kier alpha value is -1.26.